The van der Waals surface area contributed by atoms with E-state index in [4.69, 9.17) is 5.11 Å². The number of rotatable bonds is 3. The number of carbonyl (C=O) groups is 2. The van der Waals surface area contributed by atoms with Crippen LogP contribution in [0.15, 0.2) is 24.3 Å². The van der Waals surface area contributed by atoms with Crippen LogP contribution in [0.25, 0.3) is 0 Å². The van der Waals surface area contributed by atoms with Gasteiger partial charge in [-0.05, 0) is 17.7 Å². The summed E-state index contributed by atoms with van der Waals surface area (Å²) in [6.07, 6.45) is -1.06. The number of carbonyl (C=O) groups excluding carboxylic acids is 1. The number of hydrogen-bond acceptors (Lipinski definition) is 2. The summed E-state index contributed by atoms with van der Waals surface area (Å²) in [6.45, 7) is 0.239. The third kappa shape index (κ3) is 3.30. The van der Waals surface area contributed by atoms with Gasteiger partial charge in [-0.1, -0.05) is 12.1 Å². The van der Waals surface area contributed by atoms with E-state index in [2.05, 4.69) is 10.6 Å². The Hall–Kier alpha value is -2.04. The van der Waals surface area contributed by atoms with E-state index in [1.54, 1.807) is 31.3 Å². The quantitative estimate of drug-likeness (QED) is 0.687. The Morgan fingerprint density at radius 3 is 2.33 bits per heavy atom. The molecule has 80 valence electrons. The van der Waals surface area contributed by atoms with Crippen LogP contribution in [0.4, 0.5) is 4.79 Å². The van der Waals surface area contributed by atoms with Gasteiger partial charge in [0, 0.05) is 19.2 Å². The molecule has 15 heavy (non-hydrogen) atoms. The second-order valence-electron chi connectivity index (χ2n) is 2.93. The first-order valence-corrected chi connectivity index (χ1v) is 4.41. The molecule has 0 bridgehead atoms. The molecule has 0 aliphatic heterocycles. The SMILES string of the molecule is CNC(=O)c1ccc(CNC(=O)O)cc1. The van der Waals surface area contributed by atoms with Gasteiger partial charge in [0.05, 0.1) is 0 Å². The standard InChI is InChI=1S/C10H12N2O3/c1-11-9(13)8-4-2-7(3-5-8)6-12-10(14)15/h2-5,12H,6H2,1H3,(H,11,13)(H,14,15). The molecule has 3 N–H and O–H groups in total. The zero-order valence-electron chi connectivity index (χ0n) is 8.28. The van der Waals surface area contributed by atoms with Crippen molar-refractivity contribution in [3.05, 3.63) is 35.4 Å². The highest BCUT2D eigenvalue weighted by Gasteiger charge is 2.02. The largest absolute Gasteiger partial charge is 0.465 e. The number of amides is 2. The summed E-state index contributed by atoms with van der Waals surface area (Å²) in [7, 11) is 1.56. The lowest BCUT2D eigenvalue weighted by molar-refractivity contribution is 0.0963. The number of nitrogens with one attached hydrogen (secondary N) is 2. The van der Waals surface area contributed by atoms with E-state index in [1.807, 2.05) is 0 Å². The van der Waals surface area contributed by atoms with Crippen LogP contribution < -0.4 is 10.6 Å². The fraction of sp³-hybridized carbons (Fsp3) is 0.200. The maximum Gasteiger partial charge on any atom is 0.404 e. The predicted octanol–water partition coefficient (Wildman–Crippen LogP) is 0.814. The van der Waals surface area contributed by atoms with Gasteiger partial charge in [-0.3, -0.25) is 4.79 Å². The van der Waals surface area contributed by atoms with Gasteiger partial charge < -0.3 is 15.7 Å². The smallest absolute Gasteiger partial charge is 0.404 e. The van der Waals surface area contributed by atoms with Gasteiger partial charge in [0.1, 0.15) is 0 Å². The van der Waals surface area contributed by atoms with Crippen LogP contribution in [0.5, 0.6) is 0 Å². The normalized spacial score (nSPS) is 9.40. The lowest BCUT2D eigenvalue weighted by Crippen LogP contribution is -2.20. The topological polar surface area (TPSA) is 78.4 Å². The lowest BCUT2D eigenvalue weighted by atomic mass is 10.1. The van der Waals surface area contributed by atoms with Gasteiger partial charge >= 0.3 is 6.09 Å². The fourth-order valence-electron chi connectivity index (χ4n) is 1.10. The van der Waals surface area contributed by atoms with E-state index >= 15 is 0 Å². The Balaban J connectivity index is 2.64. The van der Waals surface area contributed by atoms with E-state index in [9.17, 15) is 9.59 Å². The minimum absolute atomic E-state index is 0.159. The molecule has 0 saturated heterocycles. The van der Waals surface area contributed by atoms with Gasteiger partial charge in [-0.15, -0.1) is 0 Å². The Morgan fingerprint density at radius 1 is 1.27 bits per heavy atom. The monoisotopic (exact) mass is 208 g/mol. The summed E-state index contributed by atoms with van der Waals surface area (Å²) in [5.74, 6) is -0.159. The molecule has 0 aliphatic rings. The van der Waals surface area contributed by atoms with Crippen molar-refractivity contribution in [1.29, 1.82) is 0 Å². The molecule has 0 radical (unpaired) electrons. The molecular formula is C10H12N2O3. The third-order valence-corrected chi connectivity index (χ3v) is 1.89. The molecule has 0 saturated carbocycles. The molecule has 1 aromatic rings. The summed E-state index contributed by atoms with van der Waals surface area (Å²) >= 11 is 0. The third-order valence-electron chi connectivity index (χ3n) is 1.89. The first-order chi connectivity index (χ1) is 7.13. The zero-order valence-corrected chi connectivity index (χ0v) is 8.28. The average molecular weight is 208 g/mol. The van der Waals surface area contributed by atoms with E-state index in [1.165, 1.54) is 0 Å². The van der Waals surface area contributed by atoms with E-state index in [0.717, 1.165) is 5.56 Å². The van der Waals surface area contributed by atoms with Gasteiger partial charge in [0.25, 0.3) is 5.91 Å². The van der Waals surface area contributed by atoms with Crippen LogP contribution in [0.1, 0.15) is 15.9 Å². The molecule has 5 nitrogen and oxygen atoms in total. The van der Waals surface area contributed by atoms with Crippen molar-refractivity contribution in [2.45, 2.75) is 6.54 Å². The van der Waals surface area contributed by atoms with E-state index in [0.29, 0.717) is 5.56 Å². The van der Waals surface area contributed by atoms with Crippen molar-refractivity contribution in [3.63, 3.8) is 0 Å². The predicted molar refractivity (Wildman–Crippen MR) is 54.7 cm³/mol. The van der Waals surface area contributed by atoms with Crippen molar-refractivity contribution in [2.24, 2.45) is 0 Å². The number of benzene rings is 1. The molecule has 0 unspecified atom stereocenters. The number of carboxylic acid groups (broad SMARTS) is 1. The first kappa shape index (κ1) is 11.0. The van der Waals surface area contributed by atoms with Crippen LogP contribution >= 0.6 is 0 Å². The highest BCUT2D eigenvalue weighted by atomic mass is 16.4. The second-order valence-corrected chi connectivity index (χ2v) is 2.93. The van der Waals surface area contributed by atoms with Crippen LogP contribution in [-0.4, -0.2) is 24.2 Å². The molecule has 5 heteroatoms. The highest BCUT2D eigenvalue weighted by Crippen LogP contribution is 2.03. The van der Waals surface area contributed by atoms with Gasteiger partial charge in [-0.2, -0.15) is 0 Å². The lowest BCUT2D eigenvalue weighted by Gasteiger charge is -2.03. The minimum Gasteiger partial charge on any atom is -0.465 e. The van der Waals surface area contributed by atoms with Gasteiger partial charge in [0.2, 0.25) is 0 Å². The molecular weight excluding hydrogens is 196 g/mol. The van der Waals surface area contributed by atoms with Crippen molar-refractivity contribution in [1.82, 2.24) is 10.6 Å². The van der Waals surface area contributed by atoms with Crippen LogP contribution in [-0.2, 0) is 6.54 Å². The molecule has 1 rings (SSSR count). The van der Waals surface area contributed by atoms with E-state index < -0.39 is 6.09 Å². The second kappa shape index (κ2) is 4.99. The molecule has 0 atom stereocenters. The highest BCUT2D eigenvalue weighted by molar-refractivity contribution is 5.93. The van der Waals surface area contributed by atoms with Gasteiger partial charge in [0.15, 0.2) is 0 Å². The maximum atomic E-state index is 11.2. The first-order valence-electron chi connectivity index (χ1n) is 4.41. The summed E-state index contributed by atoms with van der Waals surface area (Å²) in [4.78, 5) is 21.4. The Kier molecular flexibility index (Phi) is 3.68. The molecule has 0 heterocycles. The molecule has 0 aromatic heterocycles. The Labute approximate surface area is 87.1 Å². The minimum atomic E-state index is -1.06. The van der Waals surface area contributed by atoms with Crippen molar-refractivity contribution in [3.8, 4) is 0 Å². The van der Waals surface area contributed by atoms with Crippen LogP contribution in [0.3, 0.4) is 0 Å². The number of hydrogen-bond donors (Lipinski definition) is 3. The summed E-state index contributed by atoms with van der Waals surface area (Å²) in [5.41, 5.74) is 1.36. The molecule has 0 fully saturated rings. The van der Waals surface area contributed by atoms with Crippen molar-refractivity contribution >= 4 is 12.0 Å². The maximum absolute atomic E-state index is 11.2. The zero-order chi connectivity index (χ0) is 11.3. The molecule has 0 spiro atoms. The average Bonchev–Trinajstić information content (AvgIpc) is 2.26. The van der Waals surface area contributed by atoms with Crippen molar-refractivity contribution < 1.29 is 14.7 Å². The Bertz CT molecular complexity index is 359. The van der Waals surface area contributed by atoms with Crippen LogP contribution in [0, 0.1) is 0 Å². The van der Waals surface area contributed by atoms with E-state index in [-0.39, 0.29) is 12.5 Å². The van der Waals surface area contributed by atoms with Gasteiger partial charge in [-0.25, -0.2) is 4.79 Å². The van der Waals surface area contributed by atoms with Crippen LogP contribution in [0.2, 0.25) is 0 Å². The molecule has 2 amide bonds. The summed E-state index contributed by atoms with van der Waals surface area (Å²) < 4.78 is 0. The summed E-state index contributed by atoms with van der Waals surface area (Å²) in [6, 6.07) is 6.72. The Morgan fingerprint density at radius 2 is 1.87 bits per heavy atom. The fourth-order valence-corrected chi connectivity index (χ4v) is 1.10. The van der Waals surface area contributed by atoms with Crippen molar-refractivity contribution in [2.75, 3.05) is 7.05 Å². The summed E-state index contributed by atoms with van der Waals surface area (Å²) in [5, 5.41) is 13.1. The molecule has 0 aliphatic carbocycles. The molecule has 1 aromatic carbocycles.